The molecule has 1 N–H and O–H groups in total. The molecule has 182 valence electrons. The van der Waals surface area contributed by atoms with Gasteiger partial charge in [-0.3, -0.25) is 9.69 Å². The second-order valence-corrected chi connectivity index (χ2v) is 8.99. The molecule has 1 saturated heterocycles. The number of carbonyl (C=O) groups excluding carboxylic acids is 1. The fourth-order valence-electron chi connectivity index (χ4n) is 4.39. The average molecular weight is 484 g/mol. The van der Waals surface area contributed by atoms with Crippen molar-refractivity contribution >= 4 is 5.91 Å². The molecule has 2 unspecified atom stereocenters. The molecule has 8 heteroatoms. The van der Waals surface area contributed by atoms with Gasteiger partial charge in [-0.15, -0.1) is 0 Å². The Labute approximate surface area is 209 Å². The highest BCUT2D eigenvalue weighted by Crippen LogP contribution is 2.32. The van der Waals surface area contributed by atoms with E-state index in [1.165, 1.54) is 12.1 Å². The molecule has 36 heavy (non-hydrogen) atoms. The molecule has 1 aliphatic rings. The van der Waals surface area contributed by atoms with Crippen molar-refractivity contribution in [3.05, 3.63) is 94.4 Å². The number of ether oxygens (including phenoxy) is 1. The molecular formula is C28H26FN5O2. The minimum atomic E-state index is -0.716. The molecule has 0 radical (unpaired) electrons. The first-order valence-electron chi connectivity index (χ1n) is 11.7. The summed E-state index contributed by atoms with van der Waals surface area (Å²) < 4.78 is 20.0. The summed E-state index contributed by atoms with van der Waals surface area (Å²) in [6, 6.07) is 18.8. The molecule has 4 rings (SSSR count). The van der Waals surface area contributed by atoms with Crippen LogP contribution in [0.5, 0.6) is 5.88 Å². The molecule has 0 aliphatic carbocycles. The minimum absolute atomic E-state index is 0.0153. The molecule has 0 bridgehead atoms. The Morgan fingerprint density at radius 2 is 1.78 bits per heavy atom. The molecule has 2 aromatic carbocycles. The number of nitrogens with one attached hydrogen (secondary N) is 1. The number of halogens is 1. The van der Waals surface area contributed by atoms with Crippen LogP contribution in [0.3, 0.4) is 0 Å². The maximum Gasteiger partial charge on any atom is 0.254 e. The van der Waals surface area contributed by atoms with Crippen LogP contribution in [-0.2, 0) is 0 Å². The van der Waals surface area contributed by atoms with Crippen molar-refractivity contribution in [1.29, 1.82) is 10.5 Å². The molecule has 2 atom stereocenters. The molecule has 1 fully saturated rings. The maximum absolute atomic E-state index is 14.3. The Balaban J connectivity index is 1.54. The number of likely N-dealkylation sites (tertiary alicyclic amines) is 1. The number of rotatable bonds is 7. The third-order valence-corrected chi connectivity index (χ3v) is 6.05. The summed E-state index contributed by atoms with van der Waals surface area (Å²) in [5, 5.41) is 21.0. The number of benzene rings is 2. The standard InChI is InChI=1S/C28H26FN5O2/c1-18(2)36-26-10-8-22(16-32-26)27(21-6-3-19(14-30)4-7-21)34-12-11-23(17-34)33-28(35)24-9-5-20(15-31)13-25(24)29/h3-10,13,16,18,23,27H,11-12,17H2,1-2H3,(H,33,35). The number of hydrogen-bond donors (Lipinski definition) is 1. The van der Waals surface area contributed by atoms with Crippen LogP contribution in [0.1, 0.15) is 58.9 Å². The van der Waals surface area contributed by atoms with Crippen molar-refractivity contribution < 1.29 is 13.9 Å². The first-order valence-corrected chi connectivity index (χ1v) is 11.7. The van der Waals surface area contributed by atoms with Crippen LogP contribution in [0.25, 0.3) is 0 Å². The van der Waals surface area contributed by atoms with Gasteiger partial charge in [0.1, 0.15) is 5.82 Å². The molecule has 1 amide bonds. The van der Waals surface area contributed by atoms with Gasteiger partial charge in [0, 0.05) is 31.4 Å². The fourth-order valence-corrected chi connectivity index (χ4v) is 4.39. The van der Waals surface area contributed by atoms with Gasteiger partial charge in [0.2, 0.25) is 5.88 Å². The van der Waals surface area contributed by atoms with Crippen molar-refractivity contribution in [1.82, 2.24) is 15.2 Å². The Hall–Kier alpha value is -4.27. The van der Waals surface area contributed by atoms with Crippen LogP contribution in [0, 0.1) is 28.5 Å². The summed E-state index contributed by atoms with van der Waals surface area (Å²) in [6.07, 6.45) is 2.50. The van der Waals surface area contributed by atoms with E-state index in [1.54, 1.807) is 18.3 Å². The monoisotopic (exact) mass is 483 g/mol. The predicted molar refractivity (Wildman–Crippen MR) is 132 cm³/mol. The molecule has 0 spiro atoms. The highest BCUT2D eigenvalue weighted by atomic mass is 19.1. The lowest BCUT2D eigenvalue weighted by Gasteiger charge is -2.29. The topological polar surface area (TPSA) is 102 Å². The molecule has 3 aromatic rings. The van der Waals surface area contributed by atoms with Gasteiger partial charge in [-0.1, -0.05) is 18.2 Å². The molecule has 1 aliphatic heterocycles. The predicted octanol–water partition coefficient (Wildman–Crippen LogP) is 4.34. The third-order valence-electron chi connectivity index (χ3n) is 6.05. The van der Waals surface area contributed by atoms with Crippen molar-refractivity contribution in [2.45, 2.75) is 38.5 Å². The van der Waals surface area contributed by atoms with Crippen molar-refractivity contribution in [2.75, 3.05) is 13.1 Å². The largest absolute Gasteiger partial charge is 0.475 e. The lowest BCUT2D eigenvalue weighted by molar-refractivity contribution is 0.0932. The molecular weight excluding hydrogens is 457 g/mol. The lowest BCUT2D eigenvalue weighted by Crippen LogP contribution is -2.38. The summed E-state index contributed by atoms with van der Waals surface area (Å²) in [7, 11) is 0. The first-order chi connectivity index (χ1) is 17.4. The van der Waals surface area contributed by atoms with Gasteiger partial charge in [0.25, 0.3) is 5.91 Å². The number of hydrogen-bond acceptors (Lipinski definition) is 6. The summed E-state index contributed by atoms with van der Waals surface area (Å²) in [5.74, 6) is -0.675. The van der Waals surface area contributed by atoms with Crippen molar-refractivity contribution in [3.8, 4) is 18.0 Å². The highest BCUT2D eigenvalue weighted by molar-refractivity contribution is 5.94. The Morgan fingerprint density at radius 3 is 2.39 bits per heavy atom. The summed E-state index contributed by atoms with van der Waals surface area (Å²) in [4.78, 5) is 19.4. The van der Waals surface area contributed by atoms with Gasteiger partial charge in [-0.2, -0.15) is 10.5 Å². The minimum Gasteiger partial charge on any atom is -0.475 e. The number of carbonyl (C=O) groups is 1. The second-order valence-electron chi connectivity index (χ2n) is 8.99. The van der Waals surface area contributed by atoms with Crippen LogP contribution in [0.2, 0.25) is 0 Å². The maximum atomic E-state index is 14.3. The van der Waals surface area contributed by atoms with E-state index in [0.29, 0.717) is 31.0 Å². The average Bonchev–Trinajstić information content (AvgIpc) is 3.32. The zero-order chi connectivity index (χ0) is 25.7. The summed E-state index contributed by atoms with van der Waals surface area (Å²) >= 11 is 0. The van der Waals surface area contributed by atoms with E-state index in [2.05, 4.69) is 21.3 Å². The van der Waals surface area contributed by atoms with Gasteiger partial charge in [-0.05, 0) is 61.7 Å². The number of nitriles is 2. The third kappa shape index (κ3) is 5.68. The summed E-state index contributed by atoms with van der Waals surface area (Å²) in [5.41, 5.74) is 2.62. The molecule has 0 saturated carbocycles. The van der Waals surface area contributed by atoms with Crippen LogP contribution in [0.15, 0.2) is 60.8 Å². The van der Waals surface area contributed by atoms with Crippen molar-refractivity contribution in [2.24, 2.45) is 0 Å². The molecule has 2 heterocycles. The van der Waals surface area contributed by atoms with E-state index in [0.717, 1.165) is 17.2 Å². The van der Waals surface area contributed by atoms with E-state index in [4.69, 9.17) is 10.00 Å². The van der Waals surface area contributed by atoms with Gasteiger partial charge < -0.3 is 10.1 Å². The van der Waals surface area contributed by atoms with Crippen molar-refractivity contribution in [3.63, 3.8) is 0 Å². The van der Waals surface area contributed by atoms with Gasteiger partial charge in [0.05, 0.1) is 41.0 Å². The van der Waals surface area contributed by atoms with Gasteiger partial charge in [-0.25, -0.2) is 9.37 Å². The fraction of sp³-hybridized carbons (Fsp3) is 0.286. The zero-order valence-corrected chi connectivity index (χ0v) is 20.1. The van der Waals surface area contributed by atoms with E-state index in [1.807, 2.05) is 44.2 Å². The van der Waals surface area contributed by atoms with E-state index in [9.17, 15) is 14.4 Å². The number of pyridine rings is 1. The van der Waals surface area contributed by atoms with Crippen LogP contribution in [0.4, 0.5) is 4.39 Å². The van der Waals surface area contributed by atoms with E-state index in [-0.39, 0.29) is 29.3 Å². The highest BCUT2D eigenvalue weighted by Gasteiger charge is 2.32. The quantitative estimate of drug-likeness (QED) is 0.536. The smallest absolute Gasteiger partial charge is 0.254 e. The van der Waals surface area contributed by atoms with E-state index >= 15 is 0 Å². The first kappa shape index (κ1) is 24.8. The summed E-state index contributed by atoms with van der Waals surface area (Å²) in [6.45, 7) is 5.14. The Bertz CT molecular complexity index is 1310. The second kappa shape index (κ2) is 11.0. The Kier molecular flexibility index (Phi) is 7.58. The number of nitrogens with zero attached hydrogens (tertiary/aromatic N) is 4. The van der Waals surface area contributed by atoms with Crippen LogP contribution >= 0.6 is 0 Å². The van der Waals surface area contributed by atoms with Crippen LogP contribution in [-0.4, -0.2) is 41.0 Å². The lowest BCUT2D eigenvalue weighted by atomic mass is 9.97. The van der Waals surface area contributed by atoms with E-state index < -0.39 is 11.7 Å². The Morgan fingerprint density at radius 1 is 1.08 bits per heavy atom. The number of amides is 1. The van der Waals surface area contributed by atoms with Gasteiger partial charge in [0.15, 0.2) is 0 Å². The number of aromatic nitrogens is 1. The zero-order valence-electron chi connectivity index (χ0n) is 20.1. The SMILES string of the molecule is CC(C)Oc1ccc(C(c2ccc(C#N)cc2)N2CCC(NC(=O)c3ccc(C#N)cc3F)C2)cn1. The van der Waals surface area contributed by atoms with Crippen LogP contribution < -0.4 is 10.1 Å². The molecule has 1 aromatic heterocycles. The molecule has 7 nitrogen and oxygen atoms in total. The van der Waals surface area contributed by atoms with Gasteiger partial charge >= 0.3 is 0 Å². The normalized spacial score (nSPS) is 16.2.